The molecule has 1 atom stereocenters. The Labute approximate surface area is 115 Å². The lowest BCUT2D eigenvalue weighted by molar-refractivity contribution is -0.119. The molecule has 2 heterocycles. The van der Waals surface area contributed by atoms with Gasteiger partial charge in [-0.2, -0.15) is 5.10 Å². The molecular formula is C12H15N5OS. The van der Waals surface area contributed by atoms with Crippen LogP contribution < -0.4 is 5.32 Å². The monoisotopic (exact) mass is 277 g/mol. The number of thioether (sulfide) groups is 1. The summed E-state index contributed by atoms with van der Waals surface area (Å²) in [4.78, 5) is 20.9. The molecule has 1 unspecified atom stereocenters. The lowest BCUT2D eigenvalue weighted by Crippen LogP contribution is -2.28. The van der Waals surface area contributed by atoms with Gasteiger partial charge in [0.1, 0.15) is 5.82 Å². The van der Waals surface area contributed by atoms with Gasteiger partial charge >= 0.3 is 0 Å². The molecule has 0 spiro atoms. The number of hydrogen-bond acceptors (Lipinski definition) is 5. The van der Waals surface area contributed by atoms with Gasteiger partial charge in [0.05, 0.1) is 11.8 Å². The number of carbonyl (C=O) groups is 1. The van der Waals surface area contributed by atoms with Crippen molar-refractivity contribution in [1.29, 1.82) is 0 Å². The van der Waals surface area contributed by atoms with Gasteiger partial charge in [0, 0.05) is 17.3 Å². The predicted molar refractivity (Wildman–Crippen MR) is 72.6 cm³/mol. The normalized spacial score (nSPS) is 12.1. The Kier molecular flexibility index (Phi) is 4.51. The van der Waals surface area contributed by atoms with E-state index in [4.69, 9.17) is 0 Å². The van der Waals surface area contributed by atoms with Crippen LogP contribution in [0, 0.1) is 6.92 Å². The molecule has 0 radical (unpaired) electrons. The number of pyridine rings is 1. The molecule has 0 aromatic carbocycles. The van der Waals surface area contributed by atoms with Gasteiger partial charge in [-0.1, -0.05) is 0 Å². The van der Waals surface area contributed by atoms with Crippen LogP contribution in [0.25, 0.3) is 0 Å². The molecule has 0 aliphatic heterocycles. The standard InChI is InChI=1S/C12H15N5OS/c1-8(12-15-9(2)16-17-12)14-11(18)7-19-10-3-5-13-6-4-10/h3-6,8H,7H2,1-2H3,(H,14,18)(H,15,16,17). The molecule has 6 nitrogen and oxygen atoms in total. The first-order valence-electron chi connectivity index (χ1n) is 5.86. The maximum atomic E-state index is 11.8. The van der Waals surface area contributed by atoms with Gasteiger partial charge in [0.25, 0.3) is 0 Å². The van der Waals surface area contributed by atoms with Crippen LogP contribution in [0.3, 0.4) is 0 Å². The van der Waals surface area contributed by atoms with Crippen LogP contribution in [0.4, 0.5) is 0 Å². The van der Waals surface area contributed by atoms with Gasteiger partial charge in [-0.25, -0.2) is 4.98 Å². The average molecular weight is 277 g/mol. The topological polar surface area (TPSA) is 83.6 Å². The average Bonchev–Trinajstić information content (AvgIpc) is 2.84. The summed E-state index contributed by atoms with van der Waals surface area (Å²) in [5.41, 5.74) is 0. The molecule has 100 valence electrons. The van der Waals surface area contributed by atoms with Crippen LogP contribution >= 0.6 is 11.8 Å². The molecule has 19 heavy (non-hydrogen) atoms. The third kappa shape index (κ3) is 4.06. The second-order valence-corrected chi connectivity index (χ2v) is 5.09. The predicted octanol–water partition coefficient (Wildman–Crippen LogP) is 1.48. The van der Waals surface area contributed by atoms with Crippen molar-refractivity contribution in [2.24, 2.45) is 0 Å². The fourth-order valence-corrected chi connectivity index (χ4v) is 2.18. The Bertz CT molecular complexity index is 542. The first-order chi connectivity index (χ1) is 9.15. The number of aromatic nitrogens is 4. The van der Waals surface area contributed by atoms with E-state index in [2.05, 4.69) is 25.5 Å². The Morgan fingerprint density at radius 3 is 2.84 bits per heavy atom. The maximum Gasteiger partial charge on any atom is 0.230 e. The van der Waals surface area contributed by atoms with Crippen LogP contribution in [0.1, 0.15) is 24.6 Å². The van der Waals surface area contributed by atoms with Crippen LogP contribution in [-0.4, -0.2) is 31.8 Å². The van der Waals surface area contributed by atoms with Crippen LogP contribution in [-0.2, 0) is 4.79 Å². The highest BCUT2D eigenvalue weighted by Gasteiger charge is 2.13. The molecule has 0 bridgehead atoms. The van der Waals surface area contributed by atoms with Crippen molar-refractivity contribution < 1.29 is 4.79 Å². The number of aromatic amines is 1. The zero-order valence-corrected chi connectivity index (χ0v) is 11.6. The summed E-state index contributed by atoms with van der Waals surface area (Å²) in [6.07, 6.45) is 3.42. The largest absolute Gasteiger partial charge is 0.346 e. The van der Waals surface area contributed by atoms with E-state index in [-0.39, 0.29) is 11.9 Å². The molecule has 0 aliphatic rings. The molecule has 7 heteroatoms. The van der Waals surface area contributed by atoms with Gasteiger partial charge in [0.2, 0.25) is 5.91 Å². The minimum absolute atomic E-state index is 0.0447. The van der Waals surface area contributed by atoms with Crippen molar-refractivity contribution >= 4 is 17.7 Å². The smallest absolute Gasteiger partial charge is 0.230 e. The van der Waals surface area contributed by atoms with Crippen LogP contribution in [0.2, 0.25) is 0 Å². The molecule has 0 fully saturated rings. The number of aryl methyl sites for hydroxylation is 1. The second-order valence-electron chi connectivity index (χ2n) is 4.04. The molecule has 2 N–H and O–H groups in total. The molecule has 0 aliphatic carbocycles. The summed E-state index contributed by atoms with van der Waals surface area (Å²) >= 11 is 1.47. The number of rotatable bonds is 5. The van der Waals surface area contributed by atoms with Crippen LogP contribution in [0.15, 0.2) is 29.4 Å². The second kappa shape index (κ2) is 6.33. The molecule has 1 amide bonds. The van der Waals surface area contributed by atoms with Crippen molar-refractivity contribution in [2.75, 3.05) is 5.75 Å². The van der Waals surface area contributed by atoms with Crippen molar-refractivity contribution in [1.82, 2.24) is 25.5 Å². The highest BCUT2D eigenvalue weighted by molar-refractivity contribution is 8.00. The third-order valence-electron chi connectivity index (χ3n) is 2.40. The maximum absolute atomic E-state index is 11.8. The minimum atomic E-state index is -0.199. The van der Waals surface area contributed by atoms with E-state index >= 15 is 0 Å². The van der Waals surface area contributed by atoms with Crippen molar-refractivity contribution in [3.63, 3.8) is 0 Å². The number of amides is 1. The molecular weight excluding hydrogens is 262 g/mol. The molecule has 2 rings (SSSR count). The molecule has 0 saturated carbocycles. The van der Waals surface area contributed by atoms with E-state index < -0.39 is 0 Å². The van der Waals surface area contributed by atoms with E-state index in [1.54, 1.807) is 12.4 Å². The van der Waals surface area contributed by atoms with E-state index in [1.165, 1.54) is 11.8 Å². The van der Waals surface area contributed by atoms with Crippen molar-refractivity contribution in [2.45, 2.75) is 24.8 Å². The van der Waals surface area contributed by atoms with E-state index in [9.17, 15) is 4.79 Å². The zero-order valence-electron chi connectivity index (χ0n) is 10.8. The highest BCUT2D eigenvalue weighted by atomic mass is 32.2. The van der Waals surface area contributed by atoms with Crippen molar-refractivity contribution in [3.05, 3.63) is 36.2 Å². The summed E-state index contributed by atoms with van der Waals surface area (Å²) in [5.74, 6) is 1.65. The van der Waals surface area contributed by atoms with E-state index in [1.807, 2.05) is 26.0 Å². The van der Waals surface area contributed by atoms with Gasteiger partial charge in [0.15, 0.2) is 5.82 Å². The number of nitrogens with zero attached hydrogens (tertiary/aromatic N) is 3. The lowest BCUT2D eigenvalue weighted by atomic mass is 10.3. The quantitative estimate of drug-likeness (QED) is 0.809. The first-order valence-corrected chi connectivity index (χ1v) is 6.85. The number of nitrogens with one attached hydrogen (secondary N) is 2. The fourth-order valence-electron chi connectivity index (χ4n) is 1.48. The van der Waals surface area contributed by atoms with E-state index in [0.717, 1.165) is 10.7 Å². The van der Waals surface area contributed by atoms with Gasteiger partial charge in [-0.05, 0) is 26.0 Å². The first kappa shape index (κ1) is 13.5. The molecule has 0 saturated heterocycles. The Hall–Kier alpha value is -1.89. The van der Waals surface area contributed by atoms with Gasteiger partial charge in [-0.15, -0.1) is 11.8 Å². The van der Waals surface area contributed by atoms with Crippen LogP contribution in [0.5, 0.6) is 0 Å². The summed E-state index contributed by atoms with van der Waals surface area (Å²) in [5, 5.41) is 9.64. The van der Waals surface area contributed by atoms with Gasteiger partial charge < -0.3 is 5.32 Å². The summed E-state index contributed by atoms with van der Waals surface area (Å²) < 4.78 is 0. The zero-order chi connectivity index (χ0) is 13.7. The summed E-state index contributed by atoms with van der Waals surface area (Å²) in [6.45, 7) is 3.68. The number of H-pyrrole nitrogens is 1. The summed E-state index contributed by atoms with van der Waals surface area (Å²) in [7, 11) is 0. The Morgan fingerprint density at radius 2 is 2.21 bits per heavy atom. The third-order valence-corrected chi connectivity index (χ3v) is 3.41. The lowest BCUT2D eigenvalue weighted by Gasteiger charge is -2.10. The van der Waals surface area contributed by atoms with E-state index in [0.29, 0.717) is 11.6 Å². The fraction of sp³-hybridized carbons (Fsp3) is 0.333. The summed E-state index contributed by atoms with van der Waals surface area (Å²) in [6, 6.07) is 3.55. The Morgan fingerprint density at radius 1 is 1.47 bits per heavy atom. The van der Waals surface area contributed by atoms with Crippen molar-refractivity contribution in [3.8, 4) is 0 Å². The Balaban J connectivity index is 1.81. The number of carbonyl (C=O) groups excluding carboxylic acids is 1. The van der Waals surface area contributed by atoms with Gasteiger partial charge in [-0.3, -0.25) is 14.9 Å². The highest BCUT2D eigenvalue weighted by Crippen LogP contribution is 2.16. The SMILES string of the molecule is Cc1nc(C(C)NC(=O)CSc2ccncc2)n[nH]1. The number of hydrogen-bond donors (Lipinski definition) is 2. The molecule has 2 aromatic rings. The molecule has 2 aromatic heterocycles. The minimum Gasteiger partial charge on any atom is -0.346 e.